The van der Waals surface area contributed by atoms with Crippen molar-refractivity contribution >= 4 is 46.6 Å². The van der Waals surface area contributed by atoms with Gasteiger partial charge in [-0.25, -0.2) is 0 Å². The summed E-state index contributed by atoms with van der Waals surface area (Å²) < 4.78 is 5.33. The first-order valence-electron chi connectivity index (χ1n) is 8.29. The SMILES string of the molecule is O=C(COc1cc(Cl)c(Cl)cc1Cl)NCCNC(=O)C1CCCCC1. The number of hydrogen-bond acceptors (Lipinski definition) is 3. The number of carbonyl (C=O) groups excluding carboxylic acids is 2. The Balaban J connectivity index is 1.64. The quantitative estimate of drug-likeness (QED) is 0.533. The first-order valence-corrected chi connectivity index (χ1v) is 9.42. The van der Waals surface area contributed by atoms with E-state index in [2.05, 4.69) is 10.6 Å². The molecule has 1 aliphatic carbocycles. The van der Waals surface area contributed by atoms with Gasteiger partial charge in [0.2, 0.25) is 5.91 Å². The number of nitrogens with one attached hydrogen (secondary N) is 2. The highest BCUT2D eigenvalue weighted by atomic mass is 35.5. The molecule has 0 aromatic heterocycles. The molecule has 1 aliphatic rings. The fraction of sp³-hybridized carbons (Fsp3) is 0.529. The Labute approximate surface area is 162 Å². The second-order valence-corrected chi connectivity index (χ2v) is 7.18. The van der Waals surface area contributed by atoms with E-state index in [1.807, 2.05) is 0 Å². The van der Waals surface area contributed by atoms with E-state index in [0.717, 1.165) is 25.7 Å². The molecule has 0 saturated heterocycles. The fourth-order valence-corrected chi connectivity index (χ4v) is 3.30. The number of rotatable bonds is 7. The number of halogens is 3. The molecule has 1 aromatic rings. The van der Waals surface area contributed by atoms with Gasteiger partial charge in [-0.2, -0.15) is 0 Å². The average Bonchev–Trinajstić information content (AvgIpc) is 2.61. The number of hydrogen-bond donors (Lipinski definition) is 2. The summed E-state index contributed by atoms with van der Waals surface area (Å²) in [6.45, 7) is 0.540. The molecular weight excluding hydrogens is 387 g/mol. The lowest BCUT2D eigenvalue weighted by molar-refractivity contribution is -0.126. The Morgan fingerprint density at radius 3 is 2.32 bits per heavy atom. The minimum atomic E-state index is -0.311. The lowest BCUT2D eigenvalue weighted by atomic mass is 9.89. The number of ether oxygens (including phenoxy) is 1. The van der Waals surface area contributed by atoms with E-state index in [9.17, 15) is 9.59 Å². The molecule has 1 aromatic carbocycles. The van der Waals surface area contributed by atoms with Crippen molar-refractivity contribution in [3.8, 4) is 5.75 Å². The van der Waals surface area contributed by atoms with Gasteiger partial charge in [0.05, 0.1) is 15.1 Å². The standard InChI is InChI=1S/C17H21Cl3N2O3/c18-12-8-14(20)15(9-13(12)19)25-10-16(23)21-6-7-22-17(24)11-4-2-1-3-5-11/h8-9,11H,1-7,10H2,(H,21,23)(H,22,24). The van der Waals surface area contributed by atoms with Gasteiger partial charge in [0.25, 0.3) is 5.91 Å². The van der Waals surface area contributed by atoms with Crippen LogP contribution in [-0.2, 0) is 9.59 Å². The van der Waals surface area contributed by atoms with Crippen LogP contribution in [0.25, 0.3) is 0 Å². The molecule has 8 heteroatoms. The summed E-state index contributed by atoms with van der Waals surface area (Å²) in [5.74, 6) is 0.170. The highest BCUT2D eigenvalue weighted by molar-refractivity contribution is 6.43. The van der Waals surface area contributed by atoms with E-state index < -0.39 is 0 Å². The third-order valence-corrected chi connectivity index (χ3v) is 5.07. The first kappa shape index (κ1) is 20.1. The second kappa shape index (κ2) is 10.1. The van der Waals surface area contributed by atoms with E-state index >= 15 is 0 Å². The van der Waals surface area contributed by atoms with Crippen LogP contribution < -0.4 is 15.4 Å². The predicted molar refractivity (Wildman–Crippen MR) is 99.6 cm³/mol. The van der Waals surface area contributed by atoms with Crippen LogP contribution in [0, 0.1) is 5.92 Å². The van der Waals surface area contributed by atoms with Gasteiger partial charge >= 0.3 is 0 Å². The van der Waals surface area contributed by atoms with Crippen LogP contribution in [-0.4, -0.2) is 31.5 Å². The van der Waals surface area contributed by atoms with Crippen LogP contribution >= 0.6 is 34.8 Å². The van der Waals surface area contributed by atoms with Crippen molar-refractivity contribution in [3.05, 3.63) is 27.2 Å². The van der Waals surface area contributed by atoms with Crippen LogP contribution in [0.15, 0.2) is 12.1 Å². The molecule has 5 nitrogen and oxygen atoms in total. The van der Waals surface area contributed by atoms with Crippen molar-refractivity contribution in [2.45, 2.75) is 32.1 Å². The molecule has 0 atom stereocenters. The van der Waals surface area contributed by atoms with E-state index in [-0.39, 0.29) is 35.1 Å². The molecule has 0 radical (unpaired) electrons. The Kier molecular flexibility index (Phi) is 8.13. The highest BCUT2D eigenvalue weighted by Crippen LogP contribution is 2.33. The van der Waals surface area contributed by atoms with E-state index in [1.54, 1.807) is 0 Å². The zero-order chi connectivity index (χ0) is 18.2. The summed E-state index contributed by atoms with van der Waals surface area (Å²) in [7, 11) is 0. The van der Waals surface area contributed by atoms with Gasteiger partial charge in [-0.15, -0.1) is 0 Å². The van der Waals surface area contributed by atoms with Crippen LogP contribution in [0.4, 0.5) is 0 Å². The van der Waals surface area contributed by atoms with Crippen LogP contribution in [0.1, 0.15) is 32.1 Å². The molecule has 1 saturated carbocycles. The van der Waals surface area contributed by atoms with Gasteiger partial charge in [0.15, 0.2) is 6.61 Å². The van der Waals surface area contributed by atoms with Crippen molar-refractivity contribution in [1.29, 1.82) is 0 Å². The molecule has 2 rings (SSSR count). The monoisotopic (exact) mass is 406 g/mol. The normalized spacial score (nSPS) is 14.8. The minimum Gasteiger partial charge on any atom is -0.482 e. The van der Waals surface area contributed by atoms with Gasteiger partial charge < -0.3 is 15.4 Å². The van der Waals surface area contributed by atoms with E-state index in [4.69, 9.17) is 39.5 Å². The highest BCUT2D eigenvalue weighted by Gasteiger charge is 2.20. The lowest BCUT2D eigenvalue weighted by Gasteiger charge is -2.20. The zero-order valence-corrected chi connectivity index (χ0v) is 16.0. The number of benzene rings is 1. The number of carbonyl (C=O) groups is 2. The molecule has 0 unspecified atom stereocenters. The average molecular weight is 408 g/mol. The molecule has 2 N–H and O–H groups in total. The largest absolute Gasteiger partial charge is 0.482 e. The maximum Gasteiger partial charge on any atom is 0.258 e. The molecule has 0 heterocycles. The summed E-state index contributed by atoms with van der Waals surface area (Å²) in [6.07, 6.45) is 5.35. The summed E-state index contributed by atoms with van der Waals surface area (Å²) in [5.41, 5.74) is 0. The van der Waals surface area contributed by atoms with Crippen LogP contribution in [0.5, 0.6) is 5.75 Å². The summed E-state index contributed by atoms with van der Waals surface area (Å²) in [5, 5.41) is 6.43. The van der Waals surface area contributed by atoms with Crippen LogP contribution in [0.3, 0.4) is 0 Å². The fourth-order valence-electron chi connectivity index (χ4n) is 2.71. The third-order valence-electron chi connectivity index (χ3n) is 4.06. The molecule has 0 spiro atoms. The van der Waals surface area contributed by atoms with Crippen molar-refractivity contribution in [2.24, 2.45) is 5.92 Å². The molecule has 1 fully saturated rings. The summed E-state index contributed by atoms with van der Waals surface area (Å²) in [4.78, 5) is 23.7. The van der Waals surface area contributed by atoms with E-state index in [0.29, 0.717) is 23.1 Å². The first-order chi connectivity index (χ1) is 12.0. The Hall–Kier alpha value is -1.17. The smallest absolute Gasteiger partial charge is 0.258 e. The van der Waals surface area contributed by atoms with Crippen molar-refractivity contribution in [2.75, 3.05) is 19.7 Å². The molecule has 25 heavy (non-hydrogen) atoms. The Bertz CT molecular complexity index is 619. The minimum absolute atomic E-state index is 0.0767. The van der Waals surface area contributed by atoms with E-state index in [1.165, 1.54) is 18.6 Å². The Morgan fingerprint density at radius 2 is 1.60 bits per heavy atom. The maximum absolute atomic E-state index is 12.0. The molecule has 0 aliphatic heterocycles. The van der Waals surface area contributed by atoms with Gasteiger partial charge in [0, 0.05) is 25.1 Å². The zero-order valence-electron chi connectivity index (χ0n) is 13.7. The summed E-state index contributed by atoms with van der Waals surface area (Å²) >= 11 is 17.7. The topological polar surface area (TPSA) is 67.4 Å². The van der Waals surface area contributed by atoms with Crippen molar-refractivity contribution in [1.82, 2.24) is 10.6 Å². The van der Waals surface area contributed by atoms with Gasteiger partial charge in [-0.3, -0.25) is 9.59 Å². The summed E-state index contributed by atoms with van der Waals surface area (Å²) in [6, 6.07) is 2.92. The van der Waals surface area contributed by atoms with Gasteiger partial charge in [-0.1, -0.05) is 54.1 Å². The second-order valence-electron chi connectivity index (χ2n) is 5.96. The lowest BCUT2D eigenvalue weighted by Crippen LogP contribution is -2.39. The van der Waals surface area contributed by atoms with Gasteiger partial charge in [0.1, 0.15) is 5.75 Å². The van der Waals surface area contributed by atoms with Gasteiger partial charge in [-0.05, 0) is 18.9 Å². The maximum atomic E-state index is 12.0. The molecule has 2 amide bonds. The van der Waals surface area contributed by atoms with Crippen LogP contribution in [0.2, 0.25) is 15.1 Å². The van der Waals surface area contributed by atoms with Crippen molar-refractivity contribution in [3.63, 3.8) is 0 Å². The molecule has 0 bridgehead atoms. The Morgan fingerprint density at radius 1 is 0.960 bits per heavy atom. The molecular formula is C17H21Cl3N2O3. The van der Waals surface area contributed by atoms with Crippen molar-refractivity contribution < 1.29 is 14.3 Å². The molecule has 138 valence electrons. The predicted octanol–water partition coefficient (Wildman–Crippen LogP) is 3.84. The number of amides is 2. The third kappa shape index (κ3) is 6.57.